The number of hydrogen-bond acceptors (Lipinski definition) is 2. The lowest BCUT2D eigenvalue weighted by molar-refractivity contribution is -0.140. The molecule has 0 aliphatic heterocycles. The molecule has 0 spiro atoms. The first-order chi connectivity index (χ1) is 8.41. The Hall–Kier alpha value is -2.00. The number of nitrogens with zero attached hydrogens (tertiary/aromatic N) is 2. The van der Waals surface area contributed by atoms with Gasteiger partial charge >= 0.3 is 6.18 Å². The van der Waals surface area contributed by atoms with E-state index in [-0.39, 0.29) is 16.4 Å². The minimum atomic E-state index is -4.52. The second-order valence-corrected chi connectivity index (χ2v) is 3.84. The summed E-state index contributed by atoms with van der Waals surface area (Å²) in [4.78, 5) is 5.93. The summed E-state index contributed by atoms with van der Waals surface area (Å²) >= 11 is 5.58. The van der Waals surface area contributed by atoms with Crippen molar-refractivity contribution in [1.29, 1.82) is 5.26 Å². The lowest BCUT2D eigenvalue weighted by atomic mass is 10.1. The molecular formula is C11H5ClF3N3. The van der Waals surface area contributed by atoms with E-state index in [4.69, 9.17) is 16.9 Å². The van der Waals surface area contributed by atoms with Crippen LogP contribution in [-0.4, -0.2) is 9.97 Å². The Morgan fingerprint density at radius 3 is 2.56 bits per heavy atom. The molecule has 7 heteroatoms. The third-order valence-corrected chi connectivity index (χ3v) is 2.48. The van der Waals surface area contributed by atoms with E-state index in [1.807, 2.05) is 0 Å². The highest BCUT2D eigenvalue weighted by molar-refractivity contribution is 6.29. The van der Waals surface area contributed by atoms with Crippen LogP contribution in [0.15, 0.2) is 24.4 Å². The average Bonchev–Trinajstić information content (AvgIpc) is 2.73. The molecule has 0 saturated heterocycles. The number of aromatic nitrogens is 2. The second-order valence-electron chi connectivity index (χ2n) is 3.45. The third kappa shape index (κ3) is 2.31. The maximum absolute atomic E-state index is 12.5. The first-order valence-corrected chi connectivity index (χ1v) is 5.12. The average molecular weight is 272 g/mol. The molecule has 2 rings (SSSR count). The van der Waals surface area contributed by atoms with Gasteiger partial charge in [-0.3, -0.25) is 0 Å². The third-order valence-electron chi connectivity index (χ3n) is 2.26. The maximum Gasteiger partial charge on any atom is 0.431 e. The number of pyridine rings is 1. The number of halogens is 4. The van der Waals surface area contributed by atoms with Crippen LogP contribution in [0.25, 0.3) is 11.3 Å². The molecule has 0 radical (unpaired) electrons. The molecule has 0 amide bonds. The maximum atomic E-state index is 12.5. The predicted octanol–water partition coefficient (Wildman–Crippen LogP) is 3.62. The first kappa shape index (κ1) is 12.5. The molecule has 18 heavy (non-hydrogen) atoms. The number of alkyl halides is 3. The highest BCUT2D eigenvalue weighted by Crippen LogP contribution is 2.33. The van der Waals surface area contributed by atoms with Gasteiger partial charge < -0.3 is 4.98 Å². The molecule has 2 aromatic rings. The summed E-state index contributed by atoms with van der Waals surface area (Å²) in [5, 5.41) is 9.05. The Kier molecular flexibility index (Phi) is 3.01. The van der Waals surface area contributed by atoms with E-state index in [0.717, 1.165) is 6.07 Å². The summed E-state index contributed by atoms with van der Waals surface area (Å²) in [6, 6.07) is 5.40. The van der Waals surface area contributed by atoms with Gasteiger partial charge in [-0.1, -0.05) is 11.6 Å². The van der Waals surface area contributed by atoms with Crippen molar-refractivity contribution in [3.8, 4) is 17.3 Å². The zero-order valence-electron chi connectivity index (χ0n) is 8.72. The van der Waals surface area contributed by atoms with Crippen LogP contribution in [-0.2, 0) is 6.18 Å². The number of rotatable bonds is 1. The van der Waals surface area contributed by atoms with Crippen molar-refractivity contribution in [3.05, 3.63) is 40.8 Å². The molecule has 0 unspecified atom stereocenters. The van der Waals surface area contributed by atoms with Gasteiger partial charge in [0, 0.05) is 11.8 Å². The van der Waals surface area contributed by atoms with Crippen molar-refractivity contribution in [1.82, 2.24) is 9.97 Å². The van der Waals surface area contributed by atoms with E-state index in [0.29, 0.717) is 5.56 Å². The molecule has 0 aliphatic carbocycles. The standard InChI is InChI=1S/C11H5ClF3N3/c12-9-2-1-6(5-17-9)10-7(4-16)3-8(18-10)11(13,14)15/h1-3,5,18H. The molecule has 0 fully saturated rings. The van der Waals surface area contributed by atoms with E-state index in [2.05, 4.69) is 9.97 Å². The second kappa shape index (κ2) is 4.35. The van der Waals surface area contributed by atoms with Crippen LogP contribution in [0.3, 0.4) is 0 Å². The number of nitrogens with one attached hydrogen (secondary N) is 1. The Morgan fingerprint density at radius 2 is 2.06 bits per heavy atom. The van der Waals surface area contributed by atoms with E-state index < -0.39 is 11.9 Å². The van der Waals surface area contributed by atoms with Crippen molar-refractivity contribution >= 4 is 11.6 Å². The summed E-state index contributed by atoms with van der Waals surface area (Å²) < 4.78 is 37.6. The fourth-order valence-corrected chi connectivity index (χ4v) is 1.56. The molecule has 0 bridgehead atoms. The van der Waals surface area contributed by atoms with E-state index in [1.165, 1.54) is 18.3 Å². The number of H-pyrrole nitrogens is 1. The monoisotopic (exact) mass is 271 g/mol. The molecule has 92 valence electrons. The van der Waals surface area contributed by atoms with Crippen LogP contribution < -0.4 is 0 Å². The van der Waals surface area contributed by atoms with Gasteiger partial charge in [-0.2, -0.15) is 18.4 Å². The quantitative estimate of drug-likeness (QED) is 0.805. The minimum Gasteiger partial charge on any atom is -0.350 e. The van der Waals surface area contributed by atoms with Gasteiger partial charge in [0.05, 0.1) is 11.3 Å². The van der Waals surface area contributed by atoms with Crippen molar-refractivity contribution in [2.75, 3.05) is 0 Å². The summed E-state index contributed by atoms with van der Waals surface area (Å²) in [7, 11) is 0. The zero-order valence-corrected chi connectivity index (χ0v) is 9.47. The van der Waals surface area contributed by atoms with Crippen molar-refractivity contribution in [3.63, 3.8) is 0 Å². The number of nitriles is 1. The Balaban J connectivity index is 2.54. The van der Waals surface area contributed by atoms with Crippen LogP contribution in [0.5, 0.6) is 0 Å². The van der Waals surface area contributed by atoms with Crippen LogP contribution in [0.2, 0.25) is 5.15 Å². The topological polar surface area (TPSA) is 52.5 Å². The molecule has 2 heterocycles. The van der Waals surface area contributed by atoms with Gasteiger partial charge in [0.15, 0.2) is 0 Å². The fraction of sp³-hybridized carbons (Fsp3) is 0.0909. The summed E-state index contributed by atoms with van der Waals surface area (Å²) in [5.74, 6) is 0. The van der Waals surface area contributed by atoms with E-state index in [1.54, 1.807) is 6.07 Å². The largest absolute Gasteiger partial charge is 0.431 e. The molecule has 1 N–H and O–H groups in total. The molecule has 0 aliphatic rings. The van der Waals surface area contributed by atoms with Crippen LogP contribution in [0.4, 0.5) is 13.2 Å². The smallest absolute Gasteiger partial charge is 0.350 e. The molecule has 0 atom stereocenters. The SMILES string of the molecule is N#Cc1cc(C(F)(F)F)[nH]c1-c1ccc(Cl)nc1. The molecule has 3 nitrogen and oxygen atoms in total. The van der Waals surface area contributed by atoms with Crippen LogP contribution in [0, 0.1) is 11.3 Å². The summed E-state index contributed by atoms with van der Waals surface area (Å²) in [5.41, 5.74) is -0.615. The molecule has 2 aromatic heterocycles. The van der Waals surface area contributed by atoms with Crippen LogP contribution in [0.1, 0.15) is 11.3 Å². The van der Waals surface area contributed by atoms with Gasteiger partial charge in [-0.15, -0.1) is 0 Å². The molecule has 0 saturated carbocycles. The zero-order chi connectivity index (χ0) is 13.3. The highest BCUT2D eigenvalue weighted by atomic mass is 35.5. The van der Waals surface area contributed by atoms with Gasteiger partial charge in [0.2, 0.25) is 0 Å². The Morgan fingerprint density at radius 1 is 1.33 bits per heavy atom. The lowest BCUT2D eigenvalue weighted by Crippen LogP contribution is -2.04. The van der Waals surface area contributed by atoms with Gasteiger partial charge in [-0.05, 0) is 18.2 Å². The highest BCUT2D eigenvalue weighted by Gasteiger charge is 2.33. The predicted molar refractivity (Wildman–Crippen MR) is 58.8 cm³/mol. The van der Waals surface area contributed by atoms with Crippen molar-refractivity contribution in [2.45, 2.75) is 6.18 Å². The summed E-state index contributed by atoms with van der Waals surface area (Å²) in [6.45, 7) is 0. The lowest BCUT2D eigenvalue weighted by Gasteiger charge is -2.02. The number of hydrogen-bond donors (Lipinski definition) is 1. The van der Waals surface area contributed by atoms with Gasteiger partial charge in [0.1, 0.15) is 16.9 Å². The first-order valence-electron chi connectivity index (χ1n) is 4.74. The number of aromatic amines is 1. The van der Waals surface area contributed by atoms with Crippen molar-refractivity contribution < 1.29 is 13.2 Å². The Bertz CT molecular complexity index is 608. The minimum absolute atomic E-state index is 0.0778. The van der Waals surface area contributed by atoms with Gasteiger partial charge in [-0.25, -0.2) is 4.98 Å². The molecular weight excluding hydrogens is 267 g/mol. The van der Waals surface area contributed by atoms with E-state index in [9.17, 15) is 13.2 Å². The van der Waals surface area contributed by atoms with Crippen molar-refractivity contribution in [2.24, 2.45) is 0 Å². The van der Waals surface area contributed by atoms with E-state index >= 15 is 0 Å². The summed E-state index contributed by atoms with van der Waals surface area (Å²) in [6.07, 6.45) is -3.22. The molecule has 0 aromatic carbocycles. The van der Waals surface area contributed by atoms with Gasteiger partial charge in [0.25, 0.3) is 0 Å². The fourth-order valence-electron chi connectivity index (χ4n) is 1.45. The Labute approximate surface area is 105 Å². The van der Waals surface area contributed by atoms with Crippen LogP contribution >= 0.6 is 11.6 Å². The normalized spacial score (nSPS) is 11.3.